The van der Waals surface area contributed by atoms with Crippen LogP contribution in [-0.4, -0.2) is 24.8 Å². The van der Waals surface area contributed by atoms with Crippen molar-refractivity contribution in [2.45, 2.75) is 32.8 Å². The Bertz CT molecular complexity index is 684. The molecule has 1 aliphatic rings. The monoisotopic (exact) mass is 372 g/mol. The fourth-order valence-electron chi connectivity index (χ4n) is 2.72. The Kier molecular flexibility index (Phi) is 5.56. The highest BCUT2D eigenvalue weighted by atomic mass is 35.5. The summed E-state index contributed by atoms with van der Waals surface area (Å²) >= 11 is 12.1. The van der Waals surface area contributed by atoms with Gasteiger partial charge in [0.05, 0.1) is 13.0 Å². The molecule has 5 nitrogen and oxygen atoms in total. The molecule has 2 atom stereocenters. The second-order valence-electron chi connectivity index (χ2n) is 6.20. The zero-order valence-corrected chi connectivity index (χ0v) is 15.1. The fraction of sp³-hybridized carbons (Fsp3) is 0.471. The van der Waals surface area contributed by atoms with Crippen LogP contribution < -0.4 is 0 Å². The third-order valence-corrected chi connectivity index (χ3v) is 4.78. The molecule has 2 rings (SSSR count). The molecule has 0 radical (unpaired) electrons. The van der Waals surface area contributed by atoms with E-state index in [9.17, 15) is 14.4 Å². The maximum Gasteiger partial charge on any atom is 0.319 e. The molecular weight excluding hydrogens is 355 g/mol. The van der Waals surface area contributed by atoms with Crippen molar-refractivity contribution in [1.82, 2.24) is 0 Å². The molecule has 1 aromatic carbocycles. The zero-order chi connectivity index (χ0) is 18.1. The van der Waals surface area contributed by atoms with Crippen LogP contribution in [0.1, 0.15) is 38.4 Å². The van der Waals surface area contributed by atoms with Gasteiger partial charge in [-0.1, -0.05) is 29.3 Å². The fourth-order valence-corrected chi connectivity index (χ4v) is 3.23. The summed E-state index contributed by atoms with van der Waals surface area (Å²) in [5, 5.41) is 0.736. The van der Waals surface area contributed by atoms with Crippen molar-refractivity contribution in [3.63, 3.8) is 0 Å². The average molecular weight is 373 g/mol. The lowest BCUT2D eigenvalue weighted by atomic mass is 9.73. The molecule has 0 N–H and O–H groups in total. The molecule has 0 aliphatic carbocycles. The van der Waals surface area contributed by atoms with Gasteiger partial charge in [0, 0.05) is 22.0 Å². The molecule has 0 bridgehead atoms. The van der Waals surface area contributed by atoms with Gasteiger partial charge in [-0.15, -0.1) is 0 Å². The Morgan fingerprint density at radius 1 is 1.29 bits per heavy atom. The number of hydrogen-bond acceptors (Lipinski definition) is 5. The van der Waals surface area contributed by atoms with Gasteiger partial charge in [-0.05, 0) is 32.4 Å². The molecule has 0 unspecified atom stereocenters. The maximum absolute atomic E-state index is 12.8. The van der Waals surface area contributed by atoms with Crippen LogP contribution in [0.4, 0.5) is 0 Å². The molecule has 0 saturated carbocycles. The van der Waals surface area contributed by atoms with E-state index in [-0.39, 0.29) is 18.6 Å². The first-order chi connectivity index (χ1) is 11.2. The second kappa shape index (κ2) is 7.11. The van der Waals surface area contributed by atoms with Gasteiger partial charge >= 0.3 is 11.9 Å². The van der Waals surface area contributed by atoms with Crippen molar-refractivity contribution in [3.05, 3.63) is 33.8 Å². The van der Waals surface area contributed by atoms with Gasteiger partial charge < -0.3 is 9.47 Å². The van der Waals surface area contributed by atoms with E-state index < -0.39 is 29.4 Å². The Balaban J connectivity index is 2.39. The summed E-state index contributed by atoms with van der Waals surface area (Å²) < 4.78 is 10.1. The molecule has 24 heavy (non-hydrogen) atoms. The summed E-state index contributed by atoms with van der Waals surface area (Å²) in [5.74, 6) is -2.01. The number of esters is 2. The van der Waals surface area contributed by atoms with Gasteiger partial charge in [0.25, 0.3) is 0 Å². The number of rotatable bonds is 4. The van der Waals surface area contributed by atoms with Gasteiger partial charge in [-0.3, -0.25) is 14.4 Å². The van der Waals surface area contributed by atoms with Crippen molar-refractivity contribution in [3.8, 4) is 0 Å². The van der Waals surface area contributed by atoms with Crippen LogP contribution in [0.2, 0.25) is 10.0 Å². The third kappa shape index (κ3) is 3.57. The molecule has 1 fully saturated rings. The van der Waals surface area contributed by atoms with Crippen LogP contribution in [0.15, 0.2) is 18.2 Å². The minimum atomic E-state index is -1.27. The summed E-state index contributed by atoms with van der Waals surface area (Å²) in [6.45, 7) is 3.03. The summed E-state index contributed by atoms with van der Waals surface area (Å²) in [5.41, 5.74) is -0.774. The van der Waals surface area contributed by atoms with Crippen LogP contribution in [0, 0.1) is 11.3 Å². The summed E-state index contributed by atoms with van der Waals surface area (Å²) in [6.07, 6.45) is -0.610. The number of benzene rings is 1. The third-order valence-electron chi connectivity index (χ3n) is 4.22. The van der Waals surface area contributed by atoms with Crippen molar-refractivity contribution in [2.24, 2.45) is 11.3 Å². The molecule has 1 aromatic rings. The van der Waals surface area contributed by atoms with Gasteiger partial charge in [-0.2, -0.15) is 0 Å². The van der Waals surface area contributed by atoms with Gasteiger partial charge in [-0.25, -0.2) is 0 Å². The Labute approximate surface area is 150 Å². The summed E-state index contributed by atoms with van der Waals surface area (Å²) in [7, 11) is 1.28. The lowest BCUT2D eigenvalue weighted by molar-refractivity contribution is -0.179. The number of methoxy groups -OCH3 is 1. The molecule has 1 saturated heterocycles. The smallest absolute Gasteiger partial charge is 0.319 e. The SMILES string of the molecule is COC(=O)CC[C@H]1C(=O)C(C)(C)C(=O)O[C@@H]1c1ccc(Cl)cc1Cl. The number of Topliss-reactive ketones (excluding diaryl/α,β-unsaturated/α-hetero) is 1. The van der Waals surface area contributed by atoms with Crippen LogP contribution in [0.3, 0.4) is 0 Å². The van der Waals surface area contributed by atoms with E-state index >= 15 is 0 Å². The van der Waals surface area contributed by atoms with E-state index in [0.717, 1.165) is 0 Å². The van der Waals surface area contributed by atoms with E-state index in [2.05, 4.69) is 4.74 Å². The number of carbonyl (C=O) groups is 3. The first kappa shape index (κ1) is 18.7. The topological polar surface area (TPSA) is 69.7 Å². The largest absolute Gasteiger partial charge is 0.469 e. The highest BCUT2D eigenvalue weighted by Crippen LogP contribution is 2.44. The van der Waals surface area contributed by atoms with Crippen molar-refractivity contribution in [2.75, 3.05) is 7.11 Å². The highest BCUT2D eigenvalue weighted by molar-refractivity contribution is 6.35. The zero-order valence-electron chi connectivity index (χ0n) is 13.6. The highest BCUT2D eigenvalue weighted by Gasteiger charge is 2.51. The predicted octanol–water partition coefficient (Wildman–Crippen LogP) is 3.76. The second-order valence-corrected chi connectivity index (χ2v) is 7.05. The average Bonchev–Trinajstić information content (AvgIpc) is 2.52. The lowest BCUT2D eigenvalue weighted by Crippen LogP contribution is -2.47. The van der Waals surface area contributed by atoms with Crippen LogP contribution in [-0.2, 0) is 23.9 Å². The van der Waals surface area contributed by atoms with Gasteiger partial charge in [0.2, 0.25) is 0 Å². The first-order valence-electron chi connectivity index (χ1n) is 7.45. The molecule has 0 amide bonds. The number of cyclic esters (lactones) is 1. The van der Waals surface area contributed by atoms with Gasteiger partial charge in [0.15, 0.2) is 5.78 Å². The minimum absolute atomic E-state index is 0.0439. The minimum Gasteiger partial charge on any atom is -0.469 e. The molecule has 0 spiro atoms. The molecular formula is C17H18Cl2O5. The van der Waals surface area contributed by atoms with E-state index in [0.29, 0.717) is 15.6 Å². The van der Waals surface area contributed by atoms with E-state index in [1.807, 2.05) is 0 Å². The Morgan fingerprint density at radius 3 is 2.54 bits per heavy atom. The maximum atomic E-state index is 12.8. The molecule has 1 heterocycles. The number of carbonyl (C=O) groups excluding carboxylic acids is 3. The lowest BCUT2D eigenvalue weighted by Gasteiger charge is -2.38. The molecule has 7 heteroatoms. The van der Waals surface area contributed by atoms with Crippen molar-refractivity contribution in [1.29, 1.82) is 0 Å². The van der Waals surface area contributed by atoms with Crippen LogP contribution >= 0.6 is 23.2 Å². The summed E-state index contributed by atoms with van der Waals surface area (Å²) in [4.78, 5) is 36.5. The van der Waals surface area contributed by atoms with Crippen LogP contribution in [0.5, 0.6) is 0 Å². The Morgan fingerprint density at radius 2 is 1.96 bits per heavy atom. The number of hydrogen-bond donors (Lipinski definition) is 0. The van der Waals surface area contributed by atoms with Crippen LogP contribution in [0.25, 0.3) is 0 Å². The van der Waals surface area contributed by atoms with Crippen molar-refractivity contribution < 1.29 is 23.9 Å². The number of ketones is 1. The predicted molar refractivity (Wildman–Crippen MR) is 88.8 cm³/mol. The quantitative estimate of drug-likeness (QED) is 0.594. The first-order valence-corrected chi connectivity index (χ1v) is 8.21. The van der Waals surface area contributed by atoms with Gasteiger partial charge in [0.1, 0.15) is 11.5 Å². The van der Waals surface area contributed by atoms with E-state index in [1.165, 1.54) is 27.0 Å². The number of ether oxygens (including phenoxy) is 2. The van der Waals surface area contributed by atoms with Crippen molar-refractivity contribution >= 4 is 40.9 Å². The normalized spacial score (nSPS) is 22.9. The molecule has 130 valence electrons. The summed E-state index contributed by atoms with van der Waals surface area (Å²) in [6, 6.07) is 4.76. The Hall–Kier alpha value is -1.59. The van der Waals surface area contributed by atoms with E-state index in [4.69, 9.17) is 27.9 Å². The molecule has 0 aromatic heterocycles. The molecule has 1 aliphatic heterocycles. The van der Waals surface area contributed by atoms with E-state index in [1.54, 1.807) is 12.1 Å². The standard InChI is InChI=1S/C17H18Cl2O5/c1-17(2)15(21)11(6-7-13(20)23-3)14(24-16(17)22)10-5-4-9(18)8-12(10)19/h4-5,8,11,14H,6-7H2,1-3H3/t11-,14-/m1/s1. The number of halogens is 2.